The first-order valence-corrected chi connectivity index (χ1v) is 7.80. The van der Waals surface area contributed by atoms with E-state index in [2.05, 4.69) is 22.1 Å². The SMILES string of the molecule is CN=C(NCCCCOCCOC)N1CCC(C)CC1. The largest absolute Gasteiger partial charge is 0.382 e. The Morgan fingerprint density at radius 1 is 1.20 bits per heavy atom. The molecule has 0 atom stereocenters. The van der Waals surface area contributed by atoms with Crippen molar-refractivity contribution in [3.05, 3.63) is 0 Å². The molecule has 5 nitrogen and oxygen atoms in total. The molecular weight excluding hydrogens is 254 g/mol. The second kappa shape index (κ2) is 10.9. The van der Waals surface area contributed by atoms with Crippen LogP contribution in [0.1, 0.15) is 32.6 Å². The van der Waals surface area contributed by atoms with Crippen LogP contribution in [0.25, 0.3) is 0 Å². The molecule has 0 unspecified atom stereocenters. The lowest BCUT2D eigenvalue weighted by molar-refractivity contribution is 0.0689. The van der Waals surface area contributed by atoms with Crippen LogP contribution >= 0.6 is 0 Å². The number of ether oxygens (including phenoxy) is 2. The zero-order valence-electron chi connectivity index (χ0n) is 13.4. The summed E-state index contributed by atoms with van der Waals surface area (Å²) in [5.74, 6) is 1.91. The Balaban J connectivity index is 2.04. The van der Waals surface area contributed by atoms with E-state index in [0.717, 1.165) is 51.0 Å². The smallest absolute Gasteiger partial charge is 0.193 e. The van der Waals surface area contributed by atoms with E-state index in [4.69, 9.17) is 9.47 Å². The van der Waals surface area contributed by atoms with Crippen LogP contribution in [0, 0.1) is 5.92 Å². The standard InChI is InChI=1S/C15H31N3O2/c1-14-6-9-18(10-7-14)15(16-2)17-8-4-5-11-20-13-12-19-3/h14H,4-13H2,1-3H3,(H,16,17). The molecule has 5 heteroatoms. The van der Waals surface area contributed by atoms with Crippen LogP contribution in [-0.2, 0) is 9.47 Å². The first-order chi connectivity index (χ1) is 9.77. The average molecular weight is 285 g/mol. The molecule has 0 aliphatic carbocycles. The third kappa shape index (κ3) is 7.10. The molecule has 1 heterocycles. The lowest BCUT2D eigenvalue weighted by Gasteiger charge is -2.32. The van der Waals surface area contributed by atoms with Crippen molar-refractivity contribution in [2.24, 2.45) is 10.9 Å². The van der Waals surface area contributed by atoms with E-state index < -0.39 is 0 Å². The van der Waals surface area contributed by atoms with E-state index in [9.17, 15) is 0 Å². The van der Waals surface area contributed by atoms with Crippen molar-refractivity contribution >= 4 is 5.96 Å². The summed E-state index contributed by atoms with van der Waals surface area (Å²) in [6.45, 7) is 7.73. The average Bonchev–Trinajstić information content (AvgIpc) is 2.47. The Bertz CT molecular complexity index is 264. The zero-order valence-corrected chi connectivity index (χ0v) is 13.4. The van der Waals surface area contributed by atoms with Crippen LogP contribution in [-0.4, -0.2) is 64.5 Å². The second-order valence-corrected chi connectivity index (χ2v) is 5.46. The zero-order chi connectivity index (χ0) is 14.6. The second-order valence-electron chi connectivity index (χ2n) is 5.46. The third-order valence-corrected chi connectivity index (χ3v) is 3.73. The number of hydrogen-bond donors (Lipinski definition) is 1. The highest BCUT2D eigenvalue weighted by Crippen LogP contribution is 2.15. The minimum Gasteiger partial charge on any atom is -0.382 e. The van der Waals surface area contributed by atoms with E-state index in [1.54, 1.807) is 7.11 Å². The molecule has 0 amide bonds. The van der Waals surface area contributed by atoms with Gasteiger partial charge in [0.15, 0.2) is 5.96 Å². The van der Waals surface area contributed by atoms with Gasteiger partial charge in [0.05, 0.1) is 13.2 Å². The summed E-state index contributed by atoms with van der Waals surface area (Å²) in [5, 5.41) is 3.45. The van der Waals surface area contributed by atoms with Crippen LogP contribution in [0.15, 0.2) is 4.99 Å². The molecule has 0 aromatic carbocycles. The summed E-state index contributed by atoms with van der Waals surface area (Å²) >= 11 is 0. The van der Waals surface area contributed by atoms with Crippen molar-refractivity contribution in [1.82, 2.24) is 10.2 Å². The predicted octanol–water partition coefficient (Wildman–Crippen LogP) is 1.74. The molecule has 0 radical (unpaired) electrons. The molecule has 1 N–H and O–H groups in total. The number of nitrogens with zero attached hydrogens (tertiary/aromatic N) is 2. The molecule has 118 valence electrons. The minimum absolute atomic E-state index is 0.679. The number of methoxy groups -OCH3 is 1. The van der Waals surface area contributed by atoms with E-state index in [1.807, 2.05) is 7.05 Å². The molecule has 1 aliphatic rings. The van der Waals surface area contributed by atoms with Gasteiger partial charge in [0, 0.05) is 40.4 Å². The lowest BCUT2D eigenvalue weighted by atomic mass is 10.00. The Labute approximate surface area is 123 Å². The van der Waals surface area contributed by atoms with Crippen molar-refractivity contribution < 1.29 is 9.47 Å². The molecule has 0 bridgehead atoms. The highest BCUT2D eigenvalue weighted by atomic mass is 16.5. The Hall–Kier alpha value is -0.810. The fraction of sp³-hybridized carbons (Fsp3) is 0.933. The number of piperidine rings is 1. The van der Waals surface area contributed by atoms with E-state index in [-0.39, 0.29) is 0 Å². The summed E-state index contributed by atoms with van der Waals surface area (Å²) in [5.41, 5.74) is 0. The van der Waals surface area contributed by atoms with Crippen LogP contribution in [0.3, 0.4) is 0 Å². The molecule has 0 aromatic rings. The van der Waals surface area contributed by atoms with Crippen molar-refractivity contribution in [2.45, 2.75) is 32.6 Å². The monoisotopic (exact) mass is 285 g/mol. The molecule has 1 saturated heterocycles. The number of rotatable bonds is 8. The molecular formula is C15H31N3O2. The van der Waals surface area contributed by atoms with E-state index >= 15 is 0 Å². The van der Waals surface area contributed by atoms with Crippen molar-refractivity contribution in [3.8, 4) is 0 Å². The van der Waals surface area contributed by atoms with Gasteiger partial charge in [-0.05, 0) is 31.6 Å². The number of guanidine groups is 1. The van der Waals surface area contributed by atoms with Crippen LogP contribution in [0.5, 0.6) is 0 Å². The van der Waals surface area contributed by atoms with Gasteiger partial charge in [0.25, 0.3) is 0 Å². The number of likely N-dealkylation sites (tertiary alicyclic amines) is 1. The quantitative estimate of drug-likeness (QED) is 0.419. The maximum Gasteiger partial charge on any atom is 0.193 e. The predicted molar refractivity (Wildman–Crippen MR) is 83.3 cm³/mol. The summed E-state index contributed by atoms with van der Waals surface area (Å²) in [7, 11) is 3.56. The first-order valence-electron chi connectivity index (χ1n) is 7.80. The van der Waals surface area contributed by atoms with Crippen molar-refractivity contribution in [2.75, 3.05) is 53.6 Å². The van der Waals surface area contributed by atoms with Gasteiger partial charge in [-0.1, -0.05) is 6.92 Å². The molecule has 20 heavy (non-hydrogen) atoms. The lowest BCUT2D eigenvalue weighted by Crippen LogP contribution is -2.45. The van der Waals surface area contributed by atoms with Crippen LogP contribution < -0.4 is 5.32 Å². The van der Waals surface area contributed by atoms with Crippen molar-refractivity contribution in [1.29, 1.82) is 0 Å². The van der Waals surface area contributed by atoms with Gasteiger partial charge in [-0.3, -0.25) is 4.99 Å². The Kier molecular flexibility index (Phi) is 9.41. The fourth-order valence-corrected chi connectivity index (χ4v) is 2.33. The Morgan fingerprint density at radius 2 is 1.95 bits per heavy atom. The number of hydrogen-bond acceptors (Lipinski definition) is 3. The van der Waals surface area contributed by atoms with Crippen LogP contribution in [0.2, 0.25) is 0 Å². The summed E-state index contributed by atoms with van der Waals surface area (Å²) in [6.07, 6.45) is 4.73. The van der Waals surface area contributed by atoms with Crippen molar-refractivity contribution in [3.63, 3.8) is 0 Å². The minimum atomic E-state index is 0.679. The van der Waals surface area contributed by atoms with Gasteiger partial charge in [-0.15, -0.1) is 0 Å². The first kappa shape index (κ1) is 17.2. The normalized spacial score (nSPS) is 17.6. The van der Waals surface area contributed by atoms with Gasteiger partial charge < -0.3 is 19.7 Å². The number of nitrogens with one attached hydrogen (secondary N) is 1. The van der Waals surface area contributed by atoms with Gasteiger partial charge in [0.2, 0.25) is 0 Å². The highest BCUT2D eigenvalue weighted by molar-refractivity contribution is 5.79. The third-order valence-electron chi connectivity index (χ3n) is 3.73. The van der Waals surface area contributed by atoms with Gasteiger partial charge in [-0.2, -0.15) is 0 Å². The summed E-state index contributed by atoms with van der Waals surface area (Å²) in [4.78, 5) is 6.75. The van der Waals surface area contributed by atoms with Gasteiger partial charge in [0.1, 0.15) is 0 Å². The molecule has 0 spiro atoms. The topological polar surface area (TPSA) is 46.1 Å². The molecule has 1 fully saturated rings. The molecule has 1 aliphatic heterocycles. The summed E-state index contributed by atoms with van der Waals surface area (Å²) < 4.78 is 10.4. The fourth-order valence-electron chi connectivity index (χ4n) is 2.33. The number of aliphatic imine (C=N–C) groups is 1. The highest BCUT2D eigenvalue weighted by Gasteiger charge is 2.17. The van der Waals surface area contributed by atoms with E-state index in [1.165, 1.54) is 12.8 Å². The maximum atomic E-state index is 5.44. The molecule has 1 rings (SSSR count). The van der Waals surface area contributed by atoms with E-state index in [0.29, 0.717) is 13.2 Å². The van der Waals surface area contributed by atoms with Crippen LogP contribution in [0.4, 0.5) is 0 Å². The molecule has 0 saturated carbocycles. The summed E-state index contributed by atoms with van der Waals surface area (Å²) in [6, 6.07) is 0. The Morgan fingerprint density at radius 3 is 2.60 bits per heavy atom. The number of unbranched alkanes of at least 4 members (excludes halogenated alkanes) is 1. The van der Waals surface area contributed by atoms with Gasteiger partial charge >= 0.3 is 0 Å². The van der Waals surface area contributed by atoms with Gasteiger partial charge in [-0.25, -0.2) is 0 Å². The molecule has 0 aromatic heterocycles. The maximum absolute atomic E-state index is 5.44.